The fourth-order valence-corrected chi connectivity index (χ4v) is 1.46. The van der Waals surface area contributed by atoms with Crippen LogP contribution in [-0.2, 0) is 13.6 Å². The maximum absolute atomic E-state index is 13.3. The first kappa shape index (κ1) is 9.83. The van der Waals surface area contributed by atoms with Crippen LogP contribution >= 0.6 is 0 Å². The number of imidazole rings is 1. The molecule has 0 N–H and O–H groups in total. The van der Waals surface area contributed by atoms with E-state index in [4.69, 9.17) is 0 Å². The van der Waals surface area contributed by atoms with Gasteiger partial charge in [0.25, 0.3) is 0 Å². The number of aryl methyl sites for hydroxylation is 1. The molecule has 0 saturated heterocycles. The van der Waals surface area contributed by atoms with Gasteiger partial charge in [-0.15, -0.1) is 0 Å². The van der Waals surface area contributed by atoms with E-state index in [0.29, 0.717) is 12.1 Å². The van der Waals surface area contributed by atoms with E-state index in [2.05, 4.69) is 0 Å². The van der Waals surface area contributed by atoms with E-state index in [1.807, 2.05) is 30.3 Å². The maximum Gasteiger partial charge on any atom is 0.243 e. The summed E-state index contributed by atoms with van der Waals surface area (Å²) in [5.41, 5.74) is 0.353. The van der Waals surface area contributed by atoms with Gasteiger partial charge >= 0.3 is 0 Å². The van der Waals surface area contributed by atoms with Crippen LogP contribution in [0.4, 0.5) is 8.78 Å². The average Bonchev–Trinajstić information content (AvgIpc) is 2.58. The van der Waals surface area contributed by atoms with Crippen molar-refractivity contribution >= 4 is 0 Å². The molecule has 0 bridgehead atoms. The molecule has 4 heteroatoms. The summed E-state index contributed by atoms with van der Waals surface area (Å²) in [6.07, 6.45) is 5.46. The SMILES string of the molecule is C[n+]1ccn(Cc2cc(F)ccc2F)c1. The van der Waals surface area contributed by atoms with Crippen LogP contribution in [0.15, 0.2) is 36.9 Å². The molecule has 0 aliphatic heterocycles. The van der Waals surface area contributed by atoms with Gasteiger partial charge in [-0.2, -0.15) is 0 Å². The van der Waals surface area contributed by atoms with Crippen molar-refractivity contribution in [1.29, 1.82) is 0 Å². The molecule has 0 fully saturated rings. The van der Waals surface area contributed by atoms with E-state index < -0.39 is 5.82 Å². The summed E-state index contributed by atoms with van der Waals surface area (Å²) < 4.78 is 29.8. The fraction of sp³-hybridized carbons (Fsp3) is 0.182. The van der Waals surface area contributed by atoms with Crippen LogP contribution in [0.25, 0.3) is 0 Å². The molecule has 1 aromatic carbocycles. The Bertz CT molecular complexity index is 477. The summed E-state index contributed by atoms with van der Waals surface area (Å²) in [6, 6.07) is 3.48. The molecule has 0 amide bonds. The molecule has 0 spiro atoms. The van der Waals surface area contributed by atoms with E-state index in [9.17, 15) is 8.78 Å². The van der Waals surface area contributed by atoms with Gasteiger partial charge in [-0.25, -0.2) is 17.9 Å². The predicted octanol–water partition coefficient (Wildman–Crippen LogP) is 1.64. The molecule has 2 aromatic rings. The minimum Gasteiger partial charge on any atom is -0.240 e. The Labute approximate surface area is 86.4 Å². The van der Waals surface area contributed by atoms with Crippen LogP contribution in [-0.4, -0.2) is 4.57 Å². The quantitative estimate of drug-likeness (QED) is 0.665. The molecular formula is C11H11F2N2+. The number of hydrogen-bond donors (Lipinski definition) is 0. The number of hydrogen-bond acceptors (Lipinski definition) is 0. The largest absolute Gasteiger partial charge is 0.243 e. The van der Waals surface area contributed by atoms with E-state index in [1.165, 1.54) is 6.07 Å². The second-order valence-corrected chi connectivity index (χ2v) is 3.49. The van der Waals surface area contributed by atoms with Crippen molar-refractivity contribution in [2.45, 2.75) is 6.54 Å². The molecule has 1 aromatic heterocycles. The monoisotopic (exact) mass is 209 g/mol. The van der Waals surface area contributed by atoms with Crippen LogP contribution in [0, 0.1) is 11.6 Å². The Kier molecular flexibility index (Phi) is 2.49. The Morgan fingerprint density at radius 2 is 2.13 bits per heavy atom. The number of benzene rings is 1. The van der Waals surface area contributed by atoms with E-state index in [0.717, 1.165) is 12.1 Å². The van der Waals surface area contributed by atoms with Crippen molar-refractivity contribution < 1.29 is 13.3 Å². The zero-order chi connectivity index (χ0) is 10.8. The second kappa shape index (κ2) is 3.81. The third-order valence-corrected chi connectivity index (χ3v) is 2.18. The van der Waals surface area contributed by atoms with Gasteiger partial charge in [0.15, 0.2) is 0 Å². The highest BCUT2D eigenvalue weighted by Gasteiger charge is 2.07. The van der Waals surface area contributed by atoms with Gasteiger partial charge in [0.05, 0.1) is 7.05 Å². The summed E-state index contributed by atoms with van der Waals surface area (Å²) in [6.45, 7) is 0.338. The van der Waals surface area contributed by atoms with E-state index >= 15 is 0 Å². The minimum atomic E-state index is -0.414. The lowest BCUT2D eigenvalue weighted by Gasteiger charge is -2.00. The first-order valence-electron chi connectivity index (χ1n) is 4.60. The predicted molar refractivity (Wildman–Crippen MR) is 51.1 cm³/mol. The van der Waals surface area contributed by atoms with Crippen LogP contribution in [0.3, 0.4) is 0 Å². The van der Waals surface area contributed by atoms with E-state index in [-0.39, 0.29) is 5.82 Å². The number of halogens is 2. The smallest absolute Gasteiger partial charge is 0.240 e. The van der Waals surface area contributed by atoms with Crippen LogP contribution < -0.4 is 4.57 Å². The van der Waals surface area contributed by atoms with Crippen LogP contribution in [0.5, 0.6) is 0 Å². The molecule has 0 saturated carbocycles. The Morgan fingerprint density at radius 3 is 2.80 bits per heavy atom. The lowest BCUT2D eigenvalue weighted by Crippen LogP contribution is -2.23. The van der Waals surface area contributed by atoms with Crippen molar-refractivity contribution in [3.63, 3.8) is 0 Å². The summed E-state index contributed by atoms with van der Waals surface area (Å²) >= 11 is 0. The standard InChI is InChI=1S/C11H11F2N2/c1-14-4-5-15(8-14)7-9-6-10(12)2-3-11(9)13/h2-6,8H,7H2,1H3/q+1. The first-order chi connectivity index (χ1) is 7.15. The number of aromatic nitrogens is 2. The van der Waals surface area contributed by atoms with Crippen LogP contribution in [0.1, 0.15) is 5.56 Å². The lowest BCUT2D eigenvalue weighted by atomic mass is 10.2. The Hall–Kier alpha value is -1.71. The molecule has 0 aliphatic rings. The summed E-state index contributed by atoms with van der Waals surface area (Å²) in [4.78, 5) is 0. The van der Waals surface area contributed by atoms with Gasteiger partial charge in [0.2, 0.25) is 6.33 Å². The molecule has 78 valence electrons. The average molecular weight is 209 g/mol. The Balaban J connectivity index is 2.27. The summed E-state index contributed by atoms with van der Waals surface area (Å²) in [5.74, 6) is -0.796. The molecule has 2 nitrogen and oxygen atoms in total. The van der Waals surface area contributed by atoms with Gasteiger partial charge in [-0.05, 0) is 18.2 Å². The molecule has 2 rings (SSSR count). The highest BCUT2D eigenvalue weighted by atomic mass is 19.1. The first-order valence-corrected chi connectivity index (χ1v) is 4.60. The lowest BCUT2D eigenvalue weighted by molar-refractivity contribution is -0.671. The zero-order valence-electron chi connectivity index (χ0n) is 8.32. The summed E-state index contributed by atoms with van der Waals surface area (Å²) in [7, 11) is 1.87. The summed E-state index contributed by atoms with van der Waals surface area (Å²) in [5, 5.41) is 0. The van der Waals surface area contributed by atoms with Gasteiger partial charge in [-0.3, -0.25) is 0 Å². The van der Waals surface area contributed by atoms with Crippen LogP contribution in [0.2, 0.25) is 0 Å². The third kappa shape index (κ3) is 2.21. The molecule has 0 aliphatic carbocycles. The van der Waals surface area contributed by atoms with Gasteiger partial charge in [0.1, 0.15) is 30.6 Å². The minimum absolute atomic E-state index is 0.338. The van der Waals surface area contributed by atoms with Gasteiger partial charge in [0, 0.05) is 5.56 Å². The molecule has 1 heterocycles. The molecule has 0 atom stereocenters. The topological polar surface area (TPSA) is 8.81 Å². The molecule has 0 unspecified atom stereocenters. The van der Waals surface area contributed by atoms with E-state index in [1.54, 1.807) is 4.57 Å². The molecule has 0 radical (unpaired) electrons. The number of nitrogens with zero attached hydrogens (tertiary/aromatic N) is 2. The second-order valence-electron chi connectivity index (χ2n) is 3.49. The third-order valence-electron chi connectivity index (χ3n) is 2.18. The number of rotatable bonds is 2. The maximum atomic E-state index is 13.3. The van der Waals surface area contributed by atoms with Gasteiger partial charge < -0.3 is 0 Å². The highest BCUT2D eigenvalue weighted by Crippen LogP contribution is 2.10. The molecule has 15 heavy (non-hydrogen) atoms. The fourth-order valence-electron chi connectivity index (χ4n) is 1.46. The highest BCUT2D eigenvalue weighted by molar-refractivity contribution is 5.18. The van der Waals surface area contributed by atoms with Crippen molar-refractivity contribution in [3.8, 4) is 0 Å². The normalized spacial score (nSPS) is 10.6. The van der Waals surface area contributed by atoms with Crippen molar-refractivity contribution in [2.75, 3.05) is 0 Å². The zero-order valence-corrected chi connectivity index (χ0v) is 8.32. The van der Waals surface area contributed by atoms with Crippen molar-refractivity contribution in [2.24, 2.45) is 7.05 Å². The van der Waals surface area contributed by atoms with Gasteiger partial charge in [-0.1, -0.05) is 0 Å². The Morgan fingerprint density at radius 1 is 1.33 bits per heavy atom. The van der Waals surface area contributed by atoms with Crippen molar-refractivity contribution in [3.05, 3.63) is 54.1 Å². The molecular weight excluding hydrogens is 198 g/mol. The van der Waals surface area contributed by atoms with Crippen molar-refractivity contribution in [1.82, 2.24) is 4.57 Å².